The standard InChI is InChI=1S/C28H33N3O3/c1-20(24-10-6-8-21-7-4-5-9-25(21)24)29-28(33)26-19-23(31-17-15-30(2)16-18-31)13-11-22(26)12-14-27(32)34-3/h4-11,13,19-20H,12,14-18H2,1-3H3,(H,29,33)/t20-/m1/s1. The van der Waals surface area contributed by atoms with E-state index in [0.717, 1.165) is 53.8 Å². The molecule has 0 aliphatic carbocycles. The lowest BCUT2D eigenvalue weighted by Gasteiger charge is -2.34. The van der Waals surface area contributed by atoms with Crippen molar-refractivity contribution in [2.45, 2.75) is 25.8 Å². The lowest BCUT2D eigenvalue weighted by atomic mass is 9.98. The first-order valence-corrected chi connectivity index (χ1v) is 11.9. The van der Waals surface area contributed by atoms with E-state index >= 15 is 0 Å². The van der Waals surface area contributed by atoms with E-state index in [2.05, 4.69) is 52.5 Å². The van der Waals surface area contributed by atoms with Gasteiger partial charge in [0.15, 0.2) is 0 Å². The summed E-state index contributed by atoms with van der Waals surface area (Å²) in [6, 6.07) is 20.2. The number of fused-ring (bicyclic) bond motifs is 1. The van der Waals surface area contributed by atoms with E-state index in [0.29, 0.717) is 12.0 Å². The van der Waals surface area contributed by atoms with Gasteiger partial charge < -0.3 is 19.9 Å². The molecule has 1 fully saturated rings. The molecule has 178 valence electrons. The lowest BCUT2D eigenvalue weighted by molar-refractivity contribution is -0.140. The Balaban J connectivity index is 1.60. The number of rotatable bonds is 7. The Morgan fingerprint density at radius 2 is 1.74 bits per heavy atom. The number of aryl methyl sites for hydroxylation is 1. The van der Waals surface area contributed by atoms with Gasteiger partial charge in [-0.15, -0.1) is 0 Å². The molecule has 1 aliphatic heterocycles. The van der Waals surface area contributed by atoms with Crippen molar-refractivity contribution in [1.82, 2.24) is 10.2 Å². The predicted molar refractivity (Wildman–Crippen MR) is 136 cm³/mol. The Morgan fingerprint density at radius 1 is 1.00 bits per heavy atom. The van der Waals surface area contributed by atoms with Crippen molar-refractivity contribution < 1.29 is 14.3 Å². The van der Waals surface area contributed by atoms with Gasteiger partial charge in [-0.1, -0.05) is 48.5 Å². The van der Waals surface area contributed by atoms with Gasteiger partial charge in [0.2, 0.25) is 0 Å². The lowest BCUT2D eigenvalue weighted by Crippen LogP contribution is -2.44. The van der Waals surface area contributed by atoms with Crippen molar-refractivity contribution in [3.05, 3.63) is 77.4 Å². The number of anilines is 1. The molecule has 0 radical (unpaired) electrons. The van der Waals surface area contributed by atoms with Crippen LogP contribution in [0.1, 0.15) is 40.9 Å². The van der Waals surface area contributed by atoms with Crippen LogP contribution in [0, 0.1) is 0 Å². The second-order valence-electron chi connectivity index (χ2n) is 8.97. The van der Waals surface area contributed by atoms with Crippen LogP contribution in [0.5, 0.6) is 0 Å². The Kier molecular flexibility index (Phi) is 7.48. The average Bonchev–Trinajstić information content (AvgIpc) is 2.87. The third kappa shape index (κ3) is 5.39. The van der Waals surface area contributed by atoms with Gasteiger partial charge >= 0.3 is 5.97 Å². The van der Waals surface area contributed by atoms with E-state index in [-0.39, 0.29) is 24.3 Å². The van der Waals surface area contributed by atoms with Gasteiger partial charge in [0.25, 0.3) is 5.91 Å². The molecule has 0 bridgehead atoms. The summed E-state index contributed by atoms with van der Waals surface area (Å²) in [6.45, 7) is 5.84. The summed E-state index contributed by atoms with van der Waals surface area (Å²) in [4.78, 5) is 29.9. The maximum Gasteiger partial charge on any atom is 0.305 e. The molecule has 1 saturated heterocycles. The van der Waals surface area contributed by atoms with Gasteiger partial charge in [0, 0.05) is 43.9 Å². The molecule has 1 heterocycles. The molecule has 3 aromatic carbocycles. The molecule has 1 amide bonds. The van der Waals surface area contributed by atoms with Crippen LogP contribution in [0.25, 0.3) is 10.8 Å². The summed E-state index contributed by atoms with van der Waals surface area (Å²) in [5, 5.41) is 5.49. The number of nitrogens with one attached hydrogen (secondary N) is 1. The highest BCUT2D eigenvalue weighted by Crippen LogP contribution is 2.26. The third-order valence-electron chi connectivity index (χ3n) is 6.67. The average molecular weight is 460 g/mol. The van der Waals surface area contributed by atoms with Crippen molar-refractivity contribution in [1.29, 1.82) is 0 Å². The topological polar surface area (TPSA) is 61.9 Å². The summed E-state index contributed by atoms with van der Waals surface area (Å²) in [5.41, 5.74) is 3.59. The van der Waals surface area contributed by atoms with Gasteiger partial charge in [0.05, 0.1) is 13.2 Å². The molecular weight excluding hydrogens is 426 g/mol. The maximum absolute atomic E-state index is 13.5. The molecule has 0 saturated carbocycles. The van der Waals surface area contributed by atoms with Crippen LogP contribution >= 0.6 is 0 Å². The van der Waals surface area contributed by atoms with Gasteiger partial charge in [0.1, 0.15) is 0 Å². The SMILES string of the molecule is COC(=O)CCc1ccc(N2CCN(C)CC2)cc1C(=O)N[C@H](C)c1cccc2ccccc12. The van der Waals surface area contributed by atoms with Crippen LogP contribution < -0.4 is 10.2 Å². The number of piperazine rings is 1. The molecule has 1 atom stereocenters. The number of carbonyl (C=O) groups excluding carboxylic acids is 2. The van der Waals surface area contributed by atoms with Crippen molar-refractivity contribution in [3.8, 4) is 0 Å². The van der Waals surface area contributed by atoms with Gasteiger partial charge in [-0.3, -0.25) is 9.59 Å². The molecule has 0 unspecified atom stereocenters. The number of methoxy groups -OCH3 is 1. The number of benzene rings is 3. The highest BCUT2D eigenvalue weighted by Gasteiger charge is 2.20. The fraction of sp³-hybridized carbons (Fsp3) is 0.357. The van der Waals surface area contributed by atoms with E-state index in [1.807, 2.05) is 37.3 Å². The number of ether oxygens (including phenoxy) is 1. The number of carbonyl (C=O) groups is 2. The summed E-state index contributed by atoms with van der Waals surface area (Å²) in [5.74, 6) is -0.407. The van der Waals surface area contributed by atoms with Crippen LogP contribution in [0.15, 0.2) is 60.7 Å². The number of hydrogen-bond donors (Lipinski definition) is 1. The summed E-state index contributed by atoms with van der Waals surface area (Å²) in [7, 11) is 3.51. The van der Waals surface area contributed by atoms with Crippen molar-refractivity contribution in [2.75, 3.05) is 45.2 Å². The van der Waals surface area contributed by atoms with Gasteiger partial charge in [-0.2, -0.15) is 0 Å². The maximum atomic E-state index is 13.5. The van der Waals surface area contributed by atoms with E-state index in [1.165, 1.54) is 7.11 Å². The van der Waals surface area contributed by atoms with Crippen LogP contribution in [0.3, 0.4) is 0 Å². The molecule has 1 aliphatic rings. The normalized spacial score (nSPS) is 15.2. The van der Waals surface area contributed by atoms with E-state index in [4.69, 9.17) is 4.74 Å². The quantitative estimate of drug-likeness (QED) is 0.537. The predicted octanol–water partition coefficient (Wildman–Crippen LogP) is 4.19. The summed E-state index contributed by atoms with van der Waals surface area (Å²) < 4.78 is 4.81. The first kappa shape index (κ1) is 23.8. The molecular formula is C28H33N3O3. The minimum atomic E-state index is -0.279. The Bertz CT molecular complexity index is 1160. The number of esters is 1. The fourth-order valence-corrected chi connectivity index (χ4v) is 4.57. The monoisotopic (exact) mass is 459 g/mol. The van der Waals surface area contributed by atoms with E-state index in [9.17, 15) is 9.59 Å². The van der Waals surface area contributed by atoms with Crippen LogP contribution in [0.4, 0.5) is 5.69 Å². The third-order valence-corrected chi connectivity index (χ3v) is 6.67. The fourth-order valence-electron chi connectivity index (χ4n) is 4.57. The zero-order valence-corrected chi connectivity index (χ0v) is 20.2. The highest BCUT2D eigenvalue weighted by atomic mass is 16.5. The van der Waals surface area contributed by atoms with E-state index < -0.39 is 0 Å². The van der Waals surface area contributed by atoms with Crippen LogP contribution in [0.2, 0.25) is 0 Å². The summed E-state index contributed by atoms with van der Waals surface area (Å²) >= 11 is 0. The number of hydrogen-bond acceptors (Lipinski definition) is 5. The number of amides is 1. The second kappa shape index (κ2) is 10.7. The molecule has 6 nitrogen and oxygen atoms in total. The first-order chi connectivity index (χ1) is 16.5. The van der Waals surface area contributed by atoms with E-state index in [1.54, 1.807) is 0 Å². The summed E-state index contributed by atoms with van der Waals surface area (Å²) in [6.07, 6.45) is 0.699. The molecule has 3 aromatic rings. The molecule has 0 spiro atoms. The molecule has 34 heavy (non-hydrogen) atoms. The first-order valence-electron chi connectivity index (χ1n) is 11.9. The number of likely N-dealkylation sites (N-methyl/N-ethyl adjacent to an activating group) is 1. The van der Waals surface area contributed by atoms with Crippen molar-refractivity contribution in [3.63, 3.8) is 0 Å². The van der Waals surface area contributed by atoms with Crippen LogP contribution in [-0.4, -0.2) is 57.1 Å². The highest BCUT2D eigenvalue weighted by molar-refractivity contribution is 5.97. The molecule has 4 rings (SSSR count). The zero-order chi connectivity index (χ0) is 24.1. The minimum absolute atomic E-state index is 0.128. The Hall–Kier alpha value is -3.38. The Labute approximate surface area is 201 Å². The molecule has 6 heteroatoms. The zero-order valence-electron chi connectivity index (χ0n) is 20.2. The van der Waals surface area contributed by atoms with Crippen molar-refractivity contribution in [2.24, 2.45) is 0 Å². The second-order valence-corrected chi connectivity index (χ2v) is 8.97. The van der Waals surface area contributed by atoms with Gasteiger partial charge in [-0.05, 0) is 54.4 Å². The van der Waals surface area contributed by atoms with Crippen LogP contribution in [-0.2, 0) is 16.0 Å². The van der Waals surface area contributed by atoms with Crippen molar-refractivity contribution >= 4 is 28.3 Å². The molecule has 1 N–H and O–H groups in total. The Morgan fingerprint density at radius 3 is 2.50 bits per heavy atom. The minimum Gasteiger partial charge on any atom is -0.469 e. The smallest absolute Gasteiger partial charge is 0.305 e. The van der Waals surface area contributed by atoms with Gasteiger partial charge in [-0.25, -0.2) is 0 Å². The molecule has 0 aromatic heterocycles. The number of nitrogens with zero attached hydrogens (tertiary/aromatic N) is 2. The largest absolute Gasteiger partial charge is 0.469 e.